The van der Waals surface area contributed by atoms with E-state index in [9.17, 15) is 25.0 Å². The van der Waals surface area contributed by atoms with Crippen LogP contribution in [0.25, 0.3) is 22.6 Å². The Labute approximate surface area is 192 Å². The van der Waals surface area contributed by atoms with Crippen molar-refractivity contribution in [3.63, 3.8) is 0 Å². The maximum Gasteiger partial charge on any atom is 0.289 e. The first kappa shape index (κ1) is 21.4. The van der Waals surface area contributed by atoms with Gasteiger partial charge in [-0.2, -0.15) is 0 Å². The van der Waals surface area contributed by atoms with E-state index in [0.717, 1.165) is 22.7 Å². The summed E-state index contributed by atoms with van der Waals surface area (Å²) >= 11 is 9.59. The molecule has 4 aromatic rings. The van der Waals surface area contributed by atoms with Crippen LogP contribution in [-0.2, 0) is 0 Å². The van der Waals surface area contributed by atoms with E-state index in [-0.39, 0.29) is 11.5 Å². The zero-order valence-electron chi connectivity index (χ0n) is 15.7. The number of fused-ring (bicyclic) bond motifs is 1. The maximum absolute atomic E-state index is 12.6. The number of halogens is 2. The fraction of sp³-hybridized carbons (Fsp3) is 0. The average molecular weight is 518 g/mol. The Bertz CT molecular complexity index is 1420. The number of nitro benzene ring substituents is 2. The first-order valence-corrected chi connectivity index (χ1v) is 10.0. The van der Waals surface area contributed by atoms with Gasteiger partial charge in [-0.1, -0.05) is 27.5 Å². The molecule has 1 aromatic heterocycles. The van der Waals surface area contributed by atoms with Gasteiger partial charge in [0.2, 0.25) is 5.89 Å². The van der Waals surface area contributed by atoms with Crippen molar-refractivity contribution < 1.29 is 19.1 Å². The number of nitrogens with zero attached hydrogens (tertiary/aromatic N) is 3. The van der Waals surface area contributed by atoms with Crippen molar-refractivity contribution in [2.45, 2.75) is 0 Å². The number of carbonyl (C=O) groups is 1. The fourth-order valence-electron chi connectivity index (χ4n) is 2.96. The molecule has 0 atom stereocenters. The van der Waals surface area contributed by atoms with Gasteiger partial charge in [0.05, 0.1) is 26.5 Å². The summed E-state index contributed by atoms with van der Waals surface area (Å²) in [5.41, 5.74) is 0.256. The second-order valence-electron chi connectivity index (χ2n) is 6.50. The van der Waals surface area contributed by atoms with Crippen molar-refractivity contribution in [3.05, 3.63) is 89.9 Å². The summed E-state index contributed by atoms with van der Waals surface area (Å²) in [7, 11) is 0. The summed E-state index contributed by atoms with van der Waals surface area (Å²) in [6.45, 7) is 0. The number of anilines is 1. The Kier molecular flexibility index (Phi) is 5.59. The monoisotopic (exact) mass is 516 g/mol. The lowest BCUT2D eigenvalue weighted by atomic mass is 10.1. The van der Waals surface area contributed by atoms with E-state index in [0.29, 0.717) is 27.4 Å². The summed E-state index contributed by atoms with van der Waals surface area (Å²) in [4.78, 5) is 37.5. The first-order valence-electron chi connectivity index (χ1n) is 8.83. The number of non-ortho nitro benzene ring substituents is 1. The standard InChI is InChI=1S/C20H10BrClN4O6/c21-10-1-5-15(22)14(7-10)20-24-16-8-11(2-6-18(16)32-20)23-19(27)13-4-3-12(25(28)29)9-17(13)26(30)31/h1-9H,(H,23,27). The molecular weight excluding hydrogens is 508 g/mol. The molecule has 10 nitrogen and oxygen atoms in total. The summed E-state index contributed by atoms with van der Waals surface area (Å²) in [6, 6.07) is 12.7. The number of aromatic nitrogens is 1. The van der Waals surface area contributed by atoms with E-state index in [4.69, 9.17) is 16.0 Å². The summed E-state index contributed by atoms with van der Waals surface area (Å²) in [5, 5.41) is 25.1. The summed E-state index contributed by atoms with van der Waals surface area (Å²) in [6.07, 6.45) is 0. The van der Waals surface area contributed by atoms with Crippen molar-refractivity contribution in [1.29, 1.82) is 0 Å². The topological polar surface area (TPSA) is 141 Å². The third-order valence-corrected chi connectivity index (χ3v) is 5.26. The third kappa shape index (κ3) is 4.15. The number of amides is 1. The van der Waals surface area contributed by atoms with Crippen LogP contribution in [0, 0.1) is 20.2 Å². The van der Waals surface area contributed by atoms with Crippen LogP contribution in [0.3, 0.4) is 0 Å². The maximum atomic E-state index is 12.6. The minimum atomic E-state index is -0.850. The van der Waals surface area contributed by atoms with Gasteiger partial charge in [-0.3, -0.25) is 25.0 Å². The van der Waals surface area contributed by atoms with Crippen molar-refractivity contribution >= 4 is 61.6 Å². The third-order valence-electron chi connectivity index (χ3n) is 4.44. The van der Waals surface area contributed by atoms with E-state index in [2.05, 4.69) is 26.2 Å². The van der Waals surface area contributed by atoms with Gasteiger partial charge >= 0.3 is 0 Å². The highest BCUT2D eigenvalue weighted by Gasteiger charge is 2.24. The Hall–Kier alpha value is -3.83. The lowest BCUT2D eigenvalue weighted by Gasteiger charge is -2.05. The van der Waals surface area contributed by atoms with Gasteiger partial charge < -0.3 is 9.73 Å². The van der Waals surface area contributed by atoms with Crippen LogP contribution in [0.1, 0.15) is 10.4 Å². The van der Waals surface area contributed by atoms with Crippen LogP contribution in [0.5, 0.6) is 0 Å². The molecule has 1 heterocycles. The van der Waals surface area contributed by atoms with E-state index >= 15 is 0 Å². The summed E-state index contributed by atoms with van der Waals surface area (Å²) in [5.74, 6) is -0.523. The Morgan fingerprint density at radius 2 is 1.81 bits per heavy atom. The van der Waals surface area contributed by atoms with Crippen LogP contribution in [0.2, 0.25) is 5.02 Å². The molecule has 0 radical (unpaired) electrons. The molecule has 12 heteroatoms. The molecule has 4 rings (SSSR count). The van der Waals surface area contributed by atoms with Gasteiger partial charge in [-0.15, -0.1) is 0 Å². The minimum absolute atomic E-state index is 0.279. The second kappa shape index (κ2) is 8.36. The van der Waals surface area contributed by atoms with Crippen molar-refractivity contribution in [3.8, 4) is 11.5 Å². The number of rotatable bonds is 5. The van der Waals surface area contributed by atoms with Crippen molar-refractivity contribution in [2.24, 2.45) is 0 Å². The van der Waals surface area contributed by atoms with Crippen LogP contribution in [0.4, 0.5) is 17.1 Å². The SMILES string of the molecule is O=C(Nc1ccc2oc(-c3cc(Br)ccc3Cl)nc2c1)c1ccc([N+](=O)[O-])cc1[N+](=O)[O-]. The lowest BCUT2D eigenvalue weighted by Crippen LogP contribution is -2.14. The molecule has 0 unspecified atom stereocenters. The molecule has 32 heavy (non-hydrogen) atoms. The highest BCUT2D eigenvalue weighted by Crippen LogP contribution is 2.33. The van der Waals surface area contributed by atoms with Gasteiger partial charge in [-0.05, 0) is 42.5 Å². The fourth-order valence-corrected chi connectivity index (χ4v) is 3.52. The van der Waals surface area contributed by atoms with Gasteiger partial charge in [-0.25, -0.2) is 4.98 Å². The van der Waals surface area contributed by atoms with E-state index in [1.807, 2.05) is 0 Å². The lowest BCUT2D eigenvalue weighted by molar-refractivity contribution is -0.394. The molecule has 0 aliphatic rings. The van der Waals surface area contributed by atoms with Gasteiger partial charge in [0.25, 0.3) is 17.3 Å². The Morgan fingerprint density at radius 1 is 1.03 bits per heavy atom. The molecule has 0 saturated carbocycles. The number of nitro groups is 2. The summed E-state index contributed by atoms with van der Waals surface area (Å²) < 4.78 is 6.53. The smallest absolute Gasteiger partial charge is 0.289 e. The zero-order chi connectivity index (χ0) is 23.0. The number of nitrogens with one attached hydrogen (secondary N) is 1. The number of oxazole rings is 1. The minimum Gasteiger partial charge on any atom is -0.436 e. The molecule has 0 aliphatic heterocycles. The van der Waals surface area contributed by atoms with Crippen LogP contribution < -0.4 is 5.32 Å². The van der Waals surface area contributed by atoms with E-state index in [1.54, 1.807) is 24.3 Å². The number of hydrogen-bond acceptors (Lipinski definition) is 7. The molecule has 3 aromatic carbocycles. The quantitative estimate of drug-likeness (QED) is 0.253. The molecule has 0 spiro atoms. The highest BCUT2D eigenvalue weighted by atomic mass is 79.9. The van der Waals surface area contributed by atoms with Gasteiger partial charge in [0, 0.05) is 16.2 Å². The van der Waals surface area contributed by atoms with E-state index < -0.39 is 27.1 Å². The Balaban J connectivity index is 1.65. The van der Waals surface area contributed by atoms with Crippen LogP contribution in [0.15, 0.2) is 63.5 Å². The highest BCUT2D eigenvalue weighted by molar-refractivity contribution is 9.10. The van der Waals surface area contributed by atoms with Gasteiger partial charge in [0.15, 0.2) is 5.58 Å². The van der Waals surface area contributed by atoms with Crippen LogP contribution >= 0.6 is 27.5 Å². The molecular formula is C20H10BrClN4O6. The molecule has 0 aliphatic carbocycles. The normalized spacial score (nSPS) is 10.8. The second-order valence-corrected chi connectivity index (χ2v) is 7.82. The Morgan fingerprint density at radius 3 is 2.53 bits per heavy atom. The van der Waals surface area contributed by atoms with Crippen molar-refractivity contribution in [1.82, 2.24) is 4.98 Å². The number of hydrogen-bond donors (Lipinski definition) is 1. The zero-order valence-corrected chi connectivity index (χ0v) is 18.1. The number of benzene rings is 3. The molecule has 1 N–H and O–H groups in total. The number of carbonyl (C=O) groups excluding carboxylic acids is 1. The largest absolute Gasteiger partial charge is 0.436 e. The van der Waals surface area contributed by atoms with Gasteiger partial charge in [0.1, 0.15) is 11.1 Å². The first-order chi connectivity index (χ1) is 15.2. The average Bonchev–Trinajstić information content (AvgIpc) is 3.18. The molecule has 0 bridgehead atoms. The van der Waals surface area contributed by atoms with Crippen molar-refractivity contribution in [2.75, 3.05) is 5.32 Å². The predicted molar refractivity (Wildman–Crippen MR) is 120 cm³/mol. The van der Waals surface area contributed by atoms with E-state index in [1.165, 1.54) is 12.1 Å². The predicted octanol–water partition coefficient (Wildman–Crippen LogP) is 5.98. The molecule has 1 amide bonds. The van der Waals surface area contributed by atoms with Crippen LogP contribution in [-0.4, -0.2) is 20.7 Å². The molecule has 160 valence electrons. The molecule has 0 saturated heterocycles. The molecule has 0 fully saturated rings.